The zero-order chi connectivity index (χ0) is 20.6. The molecule has 0 spiro atoms. The minimum atomic E-state index is -0.0179. The van der Waals surface area contributed by atoms with Gasteiger partial charge in [-0.1, -0.05) is 30.3 Å². The van der Waals surface area contributed by atoms with E-state index in [1.165, 1.54) is 22.3 Å². The van der Waals surface area contributed by atoms with Gasteiger partial charge in [0.1, 0.15) is 0 Å². The Balaban J connectivity index is 1.47. The van der Waals surface area contributed by atoms with Gasteiger partial charge in [-0.2, -0.15) is 0 Å². The van der Waals surface area contributed by atoms with Crippen LogP contribution in [0.25, 0.3) is 16.8 Å². The molecular weight excluding hydrogens is 387 g/mol. The van der Waals surface area contributed by atoms with E-state index in [-0.39, 0.29) is 7.92 Å². The Morgan fingerprint density at radius 2 is 1.40 bits per heavy atom. The summed E-state index contributed by atoms with van der Waals surface area (Å²) in [5, 5.41) is 0. The van der Waals surface area contributed by atoms with E-state index < -0.39 is 0 Å². The Kier molecular flexibility index (Phi) is 6.67. The van der Waals surface area contributed by atoms with Crippen molar-refractivity contribution in [2.45, 2.75) is 19.4 Å². The Labute approximate surface area is 178 Å². The van der Waals surface area contributed by atoms with Crippen LogP contribution in [0.5, 0.6) is 0 Å². The van der Waals surface area contributed by atoms with Crippen LogP contribution in [0.2, 0.25) is 0 Å². The van der Waals surface area contributed by atoms with E-state index in [1.807, 2.05) is 6.07 Å². The monoisotopic (exact) mass is 410 g/mol. The quantitative estimate of drug-likeness (QED) is 0.319. The van der Waals surface area contributed by atoms with Gasteiger partial charge in [0.15, 0.2) is 18.9 Å². The molecule has 0 unspecified atom stereocenters. The van der Waals surface area contributed by atoms with Crippen LogP contribution in [0, 0.1) is 5.63 Å². The predicted molar refractivity (Wildman–Crippen MR) is 119 cm³/mol. The van der Waals surface area contributed by atoms with E-state index in [4.69, 9.17) is 0 Å². The van der Waals surface area contributed by atoms with Crippen LogP contribution in [0.4, 0.5) is 0 Å². The molecule has 0 atom stereocenters. The maximum absolute atomic E-state index is 10.5. The van der Waals surface area contributed by atoms with Crippen molar-refractivity contribution in [3.05, 3.63) is 115 Å². The molecule has 0 amide bonds. The molecule has 0 aliphatic carbocycles. The van der Waals surface area contributed by atoms with Crippen LogP contribution in [0.1, 0.15) is 17.5 Å². The van der Waals surface area contributed by atoms with E-state index in [0.29, 0.717) is 6.42 Å². The van der Waals surface area contributed by atoms with Crippen molar-refractivity contribution in [2.24, 2.45) is 0 Å². The van der Waals surface area contributed by atoms with Gasteiger partial charge in [-0.3, -0.25) is 0 Å². The SMILES string of the molecule is O=P#CCCc1cccc(-[n+]2ccc(-c3cc[n+](Cc4ccccc4)cc3)cc2)c1. The molecule has 146 valence electrons. The van der Waals surface area contributed by atoms with Gasteiger partial charge in [0.25, 0.3) is 0 Å². The first-order chi connectivity index (χ1) is 14.8. The molecule has 0 radical (unpaired) electrons. The molecule has 3 nitrogen and oxygen atoms in total. The van der Waals surface area contributed by atoms with Crippen LogP contribution in [0.15, 0.2) is 104 Å². The maximum atomic E-state index is 10.5. The number of benzene rings is 2. The molecule has 0 aliphatic heterocycles. The fourth-order valence-corrected chi connectivity index (χ4v) is 3.66. The molecule has 0 aliphatic rings. The van der Waals surface area contributed by atoms with Crippen molar-refractivity contribution < 1.29 is 13.7 Å². The normalized spacial score (nSPS) is 10.4. The molecule has 0 saturated carbocycles. The summed E-state index contributed by atoms with van der Waals surface area (Å²) < 4.78 is 14.8. The van der Waals surface area contributed by atoms with Crippen molar-refractivity contribution in [3.8, 4) is 22.4 Å². The summed E-state index contributed by atoms with van der Waals surface area (Å²) in [6.07, 6.45) is 9.97. The van der Waals surface area contributed by atoms with E-state index in [9.17, 15) is 4.57 Å². The third kappa shape index (κ3) is 5.21. The predicted octanol–water partition coefficient (Wildman–Crippen LogP) is 5.15. The third-order valence-corrected chi connectivity index (χ3v) is 5.41. The van der Waals surface area contributed by atoms with Crippen LogP contribution in [0.3, 0.4) is 0 Å². The van der Waals surface area contributed by atoms with Gasteiger partial charge >= 0.3 is 119 Å². The van der Waals surface area contributed by atoms with Crippen molar-refractivity contribution >= 4 is 7.92 Å². The minimum absolute atomic E-state index is 0.0179. The average molecular weight is 410 g/mol. The van der Waals surface area contributed by atoms with E-state index in [2.05, 4.69) is 112 Å². The van der Waals surface area contributed by atoms with Crippen LogP contribution in [-0.4, -0.2) is 0 Å². The van der Waals surface area contributed by atoms with Crippen molar-refractivity contribution in [1.82, 2.24) is 0 Å². The second kappa shape index (κ2) is 9.98. The number of nitrogens with zero attached hydrogens (tertiary/aromatic N) is 2. The number of aryl methyl sites for hydroxylation is 1. The Hall–Kier alpha value is -3.25. The number of rotatable bonds is 6. The third-order valence-electron chi connectivity index (χ3n) is 5.06. The molecule has 2 heterocycles. The first-order valence-corrected chi connectivity index (χ1v) is 10.8. The number of hydrogen-bond donors (Lipinski definition) is 0. The second-order valence-corrected chi connectivity index (χ2v) is 7.66. The standard InChI is InChI=1S/C26H23N2OP/c29-30-19-5-9-22-8-4-10-26(20-22)28-17-13-25(14-18-28)24-11-15-27(16-12-24)21-23-6-2-1-3-7-23/h1-4,6-8,10-18,20H,5,9,21H2/q+2. The molecule has 4 heteroatoms. The van der Waals surface area contributed by atoms with Crippen molar-refractivity contribution in [3.63, 3.8) is 0 Å². The summed E-state index contributed by atoms with van der Waals surface area (Å²) >= 11 is 0. The molecule has 0 saturated heterocycles. The number of pyridine rings is 2. The molecule has 4 aromatic rings. The summed E-state index contributed by atoms with van der Waals surface area (Å²) in [5.74, 6) is 0. The summed E-state index contributed by atoms with van der Waals surface area (Å²) in [5.41, 5.74) is 8.82. The van der Waals surface area contributed by atoms with E-state index in [1.54, 1.807) is 0 Å². The van der Waals surface area contributed by atoms with Gasteiger partial charge in [-0.25, -0.2) is 4.57 Å². The van der Waals surface area contributed by atoms with Crippen molar-refractivity contribution in [2.75, 3.05) is 0 Å². The molecule has 4 rings (SSSR count). The Bertz CT molecular complexity index is 1220. The summed E-state index contributed by atoms with van der Waals surface area (Å²) in [6, 6.07) is 27.5. The fourth-order valence-electron chi connectivity index (χ4n) is 3.46. The average Bonchev–Trinajstić information content (AvgIpc) is 2.81. The second-order valence-electron chi connectivity index (χ2n) is 7.16. The van der Waals surface area contributed by atoms with E-state index in [0.717, 1.165) is 18.7 Å². The van der Waals surface area contributed by atoms with Gasteiger partial charge in [-0.15, -0.1) is 0 Å². The molecular formula is C26H23N2OP+2. The molecule has 2 aromatic carbocycles. The topological polar surface area (TPSA) is 24.8 Å². The Morgan fingerprint density at radius 1 is 0.733 bits per heavy atom. The fraction of sp³-hybridized carbons (Fsp3) is 0.115. The van der Waals surface area contributed by atoms with Gasteiger partial charge < -0.3 is 0 Å². The molecule has 0 bridgehead atoms. The first-order valence-electron chi connectivity index (χ1n) is 10.0. The van der Waals surface area contributed by atoms with Gasteiger partial charge in [0.05, 0.1) is 0 Å². The van der Waals surface area contributed by atoms with Gasteiger partial charge in [0, 0.05) is 5.56 Å². The molecule has 0 fully saturated rings. The Morgan fingerprint density at radius 3 is 2.10 bits per heavy atom. The summed E-state index contributed by atoms with van der Waals surface area (Å²) in [4.78, 5) is 0. The van der Waals surface area contributed by atoms with E-state index >= 15 is 0 Å². The number of hydrogen-bond acceptors (Lipinski definition) is 1. The van der Waals surface area contributed by atoms with Crippen LogP contribution >= 0.6 is 7.92 Å². The van der Waals surface area contributed by atoms with Crippen LogP contribution < -0.4 is 9.13 Å². The molecule has 0 N–H and O–H groups in total. The van der Waals surface area contributed by atoms with Crippen molar-refractivity contribution in [1.29, 1.82) is 0 Å². The summed E-state index contributed by atoms with van der Waals surface area (Å²) in [7, 11) is -0.0179. The zero-order valence-corrected chi connectivity index (χ0v) is 17.6. The molecule has 30 heavy (non-hydrogen) atoms. The summed E-state index contributed by atoms with van der Waals surface area (Å²) in [6.45, 7) is 0.871. The zero-order valence-electron chi connectivity index (χ0n) is 16.7. The van der Waals surface area contributed by atoms with Gasteiger partial charge in [0.2, 0.25) is 0 Å². The van der Waals surface area contributed by atoms with Crippen LogP contribution in [-0.2, 0) is 17.5 Å². The number of aromatic nitrogens is 2. The molecule has 2 aromatic heterocycles. The van der Waals surface area contributed by atoms with Gasteiger partial charge in [-0.05, 0) is 0 Å². The first kappa shape index (κ1) is 20.0.